The van der Waals surface area contributed by atoms with E-state index >= 15 is 0 Å². The van der Waals surface area contributed by atoms with Crippen molar-refractivity contribution in [3.63, 3.8) is 0 Å². The van der Waals surface area contributed by atoms with E-state index in [4.69, 9.17) is 9.72 Å². The van der Waals surface area contributed by atoms with Crippen LogP contribution in [0, 0.1) is 12.8 Å². The van der Waals surface area contributed by atoms with Gasteiger partial charge >= 0.3 is 0 Å². The van der Waals surface area contributed by atoms with Gasteiger partial charge < -0.3 is 10.1 Å². The molecule has 1 fully saturated rings. The number of pyridine rings is 1. The highest BCUT2D eigenvalue weighted by Gasteiger charge is 2.22. The minimum Gasteiger partial charge on any atom is -0.381 e. The molecule has 1 aliphatic rings. The number of aromatic nitrogens is 1. The second-order valence-corrected chi connectivity index (χ2v) is 7.22. The number of anilines is 1. The maximum absolute atomic E-state index is 12.8. The van der Waals surface area contributed by atoms with E-state index in [-0.39, 0.29) is 17.9 Å². The summed E-state index contributed by atoms with van der Waals surface area (Å²) in [6, 6.07) is 2.00. The Hall–Kier alpha value is -1.95. The normalized spacial score (nSPS) is 17.2. The Kier molecular flexibility index (Phi) is 6.53. The van der Waals surface area contributed by atoms with Gasteiger partial charge in [-0.25, -0.2) is 9.99 Å². The van der Waals surface area contributed by atoms with Crippen LogP contribution in [0.25, 0.3) is 0 Å². The third-order valence-electron chi connectivity index (χ3n) is 4.54. The first kappa shape index (κ1) is 19.4. The summed E-state index contributed by atoms with van der Waals surface area (Å²) < 4.78 is 5.37. The number of hydrogen-bond donors (Lipinski definition) is 1. The fourth-order valence-electron chi connectivity index (χ4n) is 2.92. The number of rotatable bonds is 7. The molecule has 1 saturated heterocycles. The topological polar surface area (TPSA) is 66.8 Å². The van der Waals surface area contributed by atoms with Gasteiger partial charge in [-0.1, -0.05) is 13.8 Å². The van der Waals surface area contributed by atoms with Crippen LogP contribution in [0.1, 0.15) is 61.6 Å². The third kappa shape index (κ3) is 4.57. The Bertz CT molecular complexity index is 622. The van der Waals surface area contributed by atoms with Crippen molar-refractivity contribution < 1.29 is 9.53 Å². The van der Waals surface area contributed by atoms with Gasteiger partial charge in [0.1, 0.15) is 0 Å². The van der Waals surface area contributed by atoms with Gasteiger partial charge in [0.25, 0.3) is 5.91 Å². The monoisotopic (exact) mass is 346 g/mol. The van der Waals surface area contributed by atoms with Crippen molar-refractivity contribution in [1.29, 1.82) is 0 Å². The first-order valence-electron chi connectivity index (χ1n) is 8.98. The van der Waals surface area contributed by atoms with E-state index in [0.717, 1.165) is 30.9 Å². The van der Waals surface area contributed by atoms with Crippen LogP contribution in [-0.4, -0.2) is 43.4 Å². The average Bonchev–Trinajstić information content (AvgIpc) is 3.07. The molecule has 1 amide bonds. The number of nitrogens with one attached hydrogen (secondary N) is 1. The summed E-state index contributed by atoms with van der Waals surface area (Å²) in [4.78, 5) is 17.5. The van der Waals surface area contributed by atoms with Gasteiger partial charge in [0.2, 0.25) is 0 Å². The van der Waals surface area contributed by atoms with Crippen LogP contribution in [0.5, 0.6) is 0 Å². The molecule has 6 heteroatoms. The Morgan fingerprint density at radius 2 is 2.20 bits per heavy atom. The molecule has 1 aliphatic heterocycles. The van der Waals surface area contributed by atoms with E-state index in [1.165, 1.54) is 0 Å². The Labute approximate surface area is 150 Å². The van der Waals surface area contributed by atoms with Crippen LogP contribution >= 0.6 is 0 Å². The van der Waals surface area contributed by atoms with E-state index in [1.807, 2.05) is 26.8 Å². The summed E-state index contributed by atoms with van der Waals surface area (Å²) >= 11 is 0. The van der Waals surface area contributed by atoms with Crippen molar-refractivity contribution in [2.45, 2.75) is 53.0 Å². The fourth-order valence-corrected chi connectivity index (χ4v) is 2.92. The molecule has 1 unspecified atom stereocenters. The summed E-state index contributed by atoms with van der Waals surface area (Å²) in [6.07, 6.45) is 1.000. The number of carbonyl (C=O) groups excluding carboxylic acids is 1. The predicted molar refractivity (Wildman–Crippen MR) is 101 cm³/mol. The summed E-state index contributed by atoms with van der Waals surface area (Å²) in [6.45, 7) is 15.9. The Morgan fingerprint density at radius 3 is 2.72 bits per heavy atom. The fraction of sp³-hybridized carbons (Fsp3) is 0.632. The van der Waals surface area contributed by atoms with Crippen molar-refractivity contribution in [1.82, 2.24) is 10.3 Å². The van der Waals surface area contributed by atoms with Gasteiger partial charge in [0.05, 0.1) is 6.61 Å². The molecule has 2 rings (SSSR count). The minimum absolute atomic E-state index is 0.0669. The summed E-state index contributed by atoms with van der Waals surface area (Å²) in [5.41, 5.74) is 2.36. The molecular formula is C19H30N4O2. The van der Waals surface area contributed by atoms with Crippen LogP contribution < -0.4 is 10.3 Å². The molecule has 25 heavy (non-hydrogen) atoms. The SMILES string of the molecule is C=NN(c1nc(C(C)C)cc(C(=O)NCC2CCOC2)c1C)C(C)C. The number of hydrazone groups is 1. The first-order chi connectivity index (χ1) is 11.8. The molecule has 1 aromatic rings. The largest absolute Gasteiger partial charge is 0.381 e. The highest BCUT2D eigenvalue weighted by Crippen LogP contribution is 2.27. The zero-order chi connectivity index (χ0) is 18.6. The molecule has 1 N–H and O–H groups in total. The van der Waals surface area contributed by atoms with Gasteiger partial charge in [-0.3, -0.25) is 4.79 Å². The molecule has 1 atom stereocenters. The molecule has 0 aliphatic carbocycles. The molecule has 0 saturated carbocycles. The molecule has 0 spiro atoms. The van der Waals surface area contributed by atoms with Gasteiger partial charge in [-0.2, -0.15) is 5.10 Å². The van der Waals surface area contributed by atoms with Crippen molar-refractivity contribution in [3.05, 3.63) is 22.9 Å². The van der Waals surface area contributed by atoms with Crippen molar-refractivity contribution >= 4 is 18.4 Å². The van der Waals surface area contributed by atoms with E-state index in [2.05, 4.69) is 31.0 Å². The van der Waals surface area contributed by atoms with Gasteiger partial charge in [-0.15, -0.1) is 0 Å². The smallest absolute Gasteiger partial charge is 0.251 e. The number of carbonyl (C=O) groups is 1. The highest BCUT2D eigenvalue weighted by molar-refractivity contribution is 5.97. The maximum atomic E-state index is 12.8. The second-order valence-electron chi connectivity index (χ2n) is 7.22. The van der Waals surface area contributed by atoms with Gasteiger partial charge in [0.15, 0.2) is 5.82 Å². The Morgan fingerprint density at radius 1 is 1.48 bits per heavy atom. The summed E-state index contributed by atoms with van der Waals surface area (Å²) in [5.74, 6) is 1.25. The van der Waals surface area contributed by atoms with E-state index in [1.54, 1.807) is 5.01 Å². The Balaban J connectivity index is 2.33. The molecule has 1 aromatic heterocycles. The van der Waals surface area contributed by atoms with Crippen LogP contribution in [0.4, 0.5) is 5.82 Å². The molecule has 0 aromatic carbocycles. The molecule has 2 heterocycles. The van der Waals surface area contributed by atoms with Crippen LogP contribution in [0.15, 0.2) is 11.2 Å². The van der Waals surface area contributed by atoms with Gasteiger partial charge in [-0.05, 0) is 39.2 Å². The number of hydrogen-bond acceptors (Lipinski definition) is 5. The zero-order valence-corrected chi connectivity index (χ0v) is 16.0. The number of ether oxygens (including phenoxy) is 1. The molecule has 6 nitrogen and oxygen atoms in total. The number of amides is 1. The van der Waals surface area contributed by atoms with Crippen molar-refractivity contribution in [3.8, 4) is 0 Å². The molecule has 0 radical (unpaired) electrons. The van der Waals surface area contributed by atoms with E-state index < -0.39 is 0 Å². The van der Waals surface area contributed by atoms with Crippen LogP contribution in [0.2, 0.25) is 0 Å². The first-order valence-corrected chi connectivity index (χ1v) is 8.98. The maximum Gasteiger partial charge on any atom is 0.251 e. The van der Waals surface area contributed by atoms with Crippen molar-refractivity contribution in [2.75, 3.05) is 24.8 Å². The van der Waals surface area contributed by atoms with Crippen LogP contribution in [-0.2, 0) is 4.74 Å². The standard InChI is InChI=1S/C19H30N4O2/c1-12(2)17-9-16(19(24)21-10-15-7-8-25-11-15)14(5)18(22-17)23(20-6)13(3)4/h9,12-13,15H,6-8,10-11H2,1-5H3,(H,21,24). The molecule has 138 valence electrons. The number of nitrogens with zero attached hydrogens (tertiary/aromatic N) is 3. The summed E-state index contributed by atoms with van der Waals surface area (Å²) in [5, 5.41) is 8.92. The zero-order valence-electron chi connectivity index (χ0n) is 16.0. The van der Waals surface area contributed by atoms with Gasteiger partial charge in [0, 0.05) is 48.6 Å². The summed E-state index contributed by atoms with van der Waals surface area (Å²) in [7, 11) is 0. The lowest BCUT2D eigenvalue weighted by Gasteiger charge is -2.25. The van der Waals surface area contributed by atoms with Crippen molar-refractivity contribution in [2.24, 2.45) is 11.0 Å². The molecular weight excluding hydrogens is 316 g/mol. The molecule has 0 bridgehead atoms. The quantitative estimate of drug-likeness (QED) is 0.608. The van der Waals surface area contributed by atoms with Crippen LogP contribution in [0.3, 0.4) is 0 Å². The second kappa shape index (κ2) is 8.43. The lowest BCUT2D eigenvalue weighted by molar-refractivity contribution is 0.0944. The van der Waals surface area contributed by atoms with E-state index in [9.17, 15) is 4.79 Å². The lowest BCUT2D eigenvalue weighted by atomic mass is 10.0. The lowest BCUT2D eigenvalue weighted by Crippen LogP contribution is -2.32. The average molecular weight is 346 g/mol. The van der Waals surface area contributed by atoms with E-state index in [0.29, 0.717) is 23.8 Å². The highest BCUT2D eigenvalue weighted by atomic mass is 16.5. The predicted octanol–water partition coefficient (Wildman–Crippen LogP) is 3.11. The third-order valence-corrected chi connectivity index (χ3v) is 4.54. The minimum atomic E-state index is -0.0669.